The molecule has 0 aliphatic rings. The van der Waals surface area contributed by atoms with Crippen LogP contribution in [-0.2, 0) is 5.41 Å². The standard InChI is InChI=1S/C19H22N4OS/c1-13-12-16(23(22-13)14-8-6-5-7-9-14)20-18(24)21-17-11-10-15(25-17)19(2,3)4/h5-12H,1-4H3,(H2,20,21,24). The van der Waals surface area contributed by atoms with E-state index in [9.17, 15) is 4.79 Å². The number of anilines is 2. The Hall–Kier alpha value is -2.60. The van der Waals surface area contributed by atoms with Crippen LogP contribution in [0.25, 0.3) is 5.69 Å². The molecule has 0 radical (unpaired) electrons. The van der Waals surface area contributed by atoms with E-state index in [1.165, 1.54) is 4.88 Å². The largest absolute Gasteiger partial charge is 0.325 e. The first-order chi connectivity index (χ1) is 11.8. The number of carbonyl (C=O) groups excluding carboxylic acids is 1. The van der Waals surface area contributed by atoms with E-state index in [4.69, 9.17) is 0 Å². The summed E-state index contributed by atoms with van der Waals surface area (Å²) in [6.07, 6.45) is 0. The first-order valence-electron chi connectivity index (χ1n) is 8.13. The van der Waals surface area contributed by atoms with Gasteiger partial charge in [0.1, 0.15) is 5.82 Å². The fourth-order valence-electron chi connectivity index (χ4n) is 2.42. The zero-order chi connectivity index (χ0) is 18.0. The number of nitrogens with zero attached hydrogens (tertiary/aromatic N) is 2. The van der Waals surface area contributed by atoms with Gasteiger partial charge >= 0.3 is 6.03 Å². The van der Waals surface area contributed by atoms with Gasteiger partial charge in [-0.25, -0.2) is 9.48 Å². The molecule has 0 aliphatic carbocycles. The van der Waals surface area contributed by atoms with Crippen LogP contribution < -0.4 is 10.6 Å². The number of nitrogens with one attached hydrogen (secondary N) is 2. The minimum Gasteiger partial charge on any atom is -0.299 e. The van der Waals surface area contributed by atoms with Crippen LogP contribution in [0.1, 0.15) is 31.3 Å². The summed E-state index contributed by atoms with van der Waals surface area (Å²) in [4.78, 5) is 13.6. The van der Waals surface area contributed by atoms with Crippen molar-refractivity contribution in [1.82, 2.24) is 9.78 Å². The van der Waals surface area contributed by atoms with Crippen molar-refractivity contribution in [3.8, 4) is 5.69 Å². The molecule has 1 aromatic carbocycles. The van der Waals surface area contributed by atoms with E-state index in [1.807, 2.05) is 49.4 Å². The fraction of sp³-hybridized carbons (Fsp3) is 0.263. The maximum absolute atomic E-state index is 12.4. The minimum absolute atomic E-state index is 0.0735. The van der Waals surface area contributed by atoms with Crippen LogP contribution in [0.4, 0.5) is 15.6 Å². The second kappa shape index (κ2) is 6.72. The summed E-state index contributed by atoms with van der Waals surface area (Å²) in [5.74, 6) is 0.633. The van der Waals surface area contributed by atoms with Crippen LogP contribution in [0.3, 0.4) is 0 Å². The van der Waals surface area contributed by atoms with Gasteiger partial charge in [-0.15, -0.1) is 11.3 Å². The van der Waals surface area contributed by atoms with Gasteiger partial charge in [0.15, 0.2) is 0 Å². The lowest BCUT2D eigenvalue weighted by Crippen LogP contribution is -2.20. The van der Waals surface area contributed by atoms with E-state index in [1.54, 1.807) is 16.0 Å². The molecule has 0 fully saturated rings. The van der Waals surface area contributed by atoms with Gasteiger partial charge in [-0.1, -0.05) is 39.0 Å². The Balaban J connectivity index is 1.75. The first kappa shape index (κ1) is 17.2. The van der Waals surface area contributed by atoms with Gasteiger partial charge in [0, 0.05) is 10.9 Å². The lowest BCUT2D eigenvalue weighted by Gasteiger charge is -2.15. The predicted octanol–water partition coefficient (Wildman–Crippen LogP) is 5.18. The Morgan fingerprint density at radius 2 is 1.80 bits per heavy atom. The number of hydrogen-bond donors (Lipinski definition) is 2. The summed E-state index contributed by atoms with van der Waals surface area (Å²) in [5.41, 5.74) is 1.81. The highest BCUT2D eigenvalue weighted by Crippen LogP contribution is 2.32. The van der Waals surface area contributed by atoms with Crippen molar-refractivity contribution in [3.63, 3.8) is 0 Å². The highest BCUT2D eigenvalue weighted by atomic mass is 32.1. The summed E-state index contributed by atoms with van der Waals surface area (Å²) in [6.45, 7) is 8.37. The van der Waals surface area contributed by atoms with Crippen LogP contribution in [0.2, 0.25) is 0 Å². The number of aryl methyl sites for hydroxylation is 1. The number of hydrogen-bond acceptors (Lipinski definition) is 3. The van der Waals surface area contributed by atoms with Crippen LogP contribution in [0.5, 0.6) is 0 Å². The van der Waals surface area contributed by atoms with Crippen molar-refractivity contribution in [3.05, 3.63) is 59.1 Å². The third kappa shape index (κ3) is 4.09. The van der Waals surface area contributed by atoms with Crippen LogP contribution in [0.15, 0.2) is 48.5 Å². The molecule has 0 aliphatic heterocycles. The summed E-state index contributed by atoms with van der Waals surface area (Å²) in [5, 5.41) is 11.1. The molecule has 2 aromatic heterocycles. The maximum Gasteiger partial charge on any atom is 0.325 e. The molecule has 0 saturated carbocycles. The molecule has 3 aromatic rings. The van der Waals surface area contributed by atoms with Gasteiger partial charge in [-0.2, -0.15) is 5.10 Å². The number of carbonyl (C=O) groups is 1. The van der Waals surface area contributed by atoms with Gasteiger partial charge in [0.2, 0.25) is 0 Å². The molecule has 6 heteroatoms. The molecular weight excluding hydrogens is 332 g/mol. The third-order valence-electron chi connectivity index (χ3n) is 3.66. The van der Waals surface area contributed by atoms with Crippen molar-refractivity contribution in [2.75, 3.05) is 10.6 Å². The molecule has 25 heavy (non-hydrogen) atoms. The first-order valence-corrected chi connectivity index (χ1v) is 8.95. The van der Waals surface area contributed by atoms with E-state index < -0.39 is 0 Å². The number of urea groups is 1. The highest BCUT2D eigenvalue weighted by Gasteiger charge is 2.17. The molecule has 3 rings (SSSR count). The molecular formula is C19H22N4OS. The third-order valence-corrected chi connectivity index (χ3v) is 5.08. The van der Waals surface area contributed by atoms with Crippen molar-refractivity contribution in [2.45, 2.75) is 33.1 Å². The van der Waals surface area contributed by atoms with Crippen molar-refractivity contribution in [1.29, 1.82) is 0 Å². The second-order valence-electron chi connectivity index (χ2n) is 6.91. The number of para-hydroxylation sites is 1. The predicted molar refractivity (Wildman–Crippen MR) is 104 cm³/mol. The molecule has 2 amide bonds. The normalized spacial score (nSPS) is 11.4. The Morgan fingerprint density at radius 3 is 2.44 bits per heavy atom. The van der Waals surface area contributed by atoms with E-state index in [0.29, 0.717) is 5.82 Å². The van der Waals surface area contributed by atoms with Gasteiger partial charge in [0.25, 0.3) is 0 Å². The fourth-order valence-corrected chi connectivity index (χ4v) is 3.38. The number of rotatable bonds is 3. The number of benzene rings is 1. The number of aromatic nitrogens is 2. The minimum atomic E-state index is -0.278. The van der Waals surface area contributed by atoms with E-state index >= 15 is 0 Å². The van der Waals surface area contributed by atoms with Crippen molar-refractivity contribution < 1.29 is 4.79 Å². The lowest BCUT2D eigenvalue weighted by molar-refractivity contribution is 0.262. The molecule has 5 nitrogen and oxygen atoms in total. The molecule has 0 saturated heterocycles. The molecule has 0 unspecified atom stereocenters. The Bertz CT molecular complexity index is 874. The average Bonchev–Trinajstić information content (AvgIpc) is 3.14. The zero-order valence-corrected chi connectivity index (χ0v) is 15.6. The molecule has 0 bridgehead atoms. The van der Waals surface area contributed by atoms with Gasteiger partial charge in [0.05, 0.1) is 16.4 Å². The monoisotopic (exact) mass is 354 g/mol. The van der Waals surface area contributed by atoms with E-state index in [-0.39, 0.29) is 11.4 Å². The summed E-state index contributed by atoms with van der Waals surface area (Å²) in [6, 6.07) is 15.3. The Kier molecular flexibility index (Phi) is 4.63. The molecule has 0 spiro atoms. The van der Waals surface area contributed by atoms with Gasteiger partial charge in [-0.05, 0) is 36.6 Å². The zero-order valence-electron chi connectivity index (χ0n) is 14.8. The molecule has 2 heterocycles. The maximum atomic E-state index is 12.4. The van der Waals surface area contributed by atoms with Crippen molar-refractivity contribution >= 4 is 28.2 Å². The molecule has 0 atom stereocenters. The quantitative estimate of drug-likeness (QED) is 0.680. The average molecular weight is 354 g/mol. The Morgan fingerprint density at radius 1 is 1.08 bits per heavy atom. The summed E-state index contributed by atoms with van der Waals surface area (Å²) >= 11 is 1.59. The van der Waals surface area contributed by atoms with E-state index in [2.05, 4.69) is 42.6 Å². The second-order valence-corrected chi connectivity index (χ2v) is 8.00. The molecule has 130 valence electrons. The van der Waals surface area contributed by atoms with E-state index in [0.717, 1.165) is 16.4 Å². The topological polar surface area (TPSA) is 59.0 Å². The van der Waals surface area contributed by atoms with Gasteiger partial charge in [-0.3, -0.25) is 10.6 Å². The SMILES string of the molecule is Cc1cc(NC(=O)Nc2ccc(C(C)(C)C)s2)n(-c2ccccc2)n1. The van der Waals surface area contributed by atoms with Crippen LogP contribution in [-0.4, -0.2) is 15.8 Å². The lowest BCUT2D eigenvalue weighted by atomic mass is 9.95. The van der Waals surface area contributed by atoms with Crippen LogP contribution in [0, 0.1) is 6.92 Å². The smallest absolute Gasteiger partial charge is 0.299 e. The van der Waals surface area contributed by atoms with Gasteiger partial charge < -0.3 is 0 Å². The summed E-state index contributed by atoms with van der Waals surface area (Å²) in [7, 11) is 0. The van der Waals surface area contributed by atoms with Crippen molar-refractivity contribution in [2.24, 2.45) is 0 Å². The highest BCUT2D eigenvalue weighted by molar-refractivity contribution is 7.16. The summed E-state index contributed by atoms with van der Waals surface area (Å²) < 4.78 is 1.73. The van der Waals surface area contributed by atoms with Crippen LogP contribution >= 0.6 is 11.3 Å². The Labute approximate surface area is 151 Å². The number of thiophene rings is 1. The molecule has 2 N–H and O–H groups in total. The number of amides is 2.